The molecule has 0 saturated carbocycles. The molecule has 1 atom stereocenters. The van der Waals surface area contributed by atoms with Crippen molar-refractivity contribution in [3.63, 3.8) is 0 Å². The lowest BCUT2D eigenvalue weighted by molar-refractivity contribution is -0.138. The summed E-state index contributed by atoms with van der Waals surface area (Å²) in [7, 11) is 1.66. The minimum absolute atomic E-state index is 0.0391. The van der Waals surface area contributed by atoms with Gasteiger partial charge in [0.15, 0.2) is 5.78 Å². The summed E-state index contributed by atoms with van der Waals surface area (Å²) in [5.41, 5.74) is 3.29. The second-order valence-electron chi connectivity index (χ2n) is 8.21. The Morgan fingerprint density at radius 3 is 2.31 bits per heavy atom. The van der Waals surface area contributed by atoms with Crippen molar-refractivity contribution in [1.29, 1.82) is 0 Å². The number of benzene rings is 3. The van der Waals surface area contributed by atoms with Crippen LogP contribution in [-0.2, 0) is 20.9 Å². The summed E-state index contributed by atoms with van der Waals surface area (Å²) in [6.45, 7) is 7.84. The zero-order valence-electron chi connectivity index (χ0n) is 17.6. The van der Waals surface area contributed by atoms with Gasteiger partial charge in [0.05, 0.1) is 12.2 Å². The number of halogens is 1. The van der Waals surface area contributed by atoms with Crippen molar-refractivity contribution in [2.75, 3.05) is 7.11 Å². The van der Waals surface area contributed by atoms with Crippen LogP contribution in [0.1, 0.15) is 44.9 Å². The van der Waals surface area contributed by atoms with Gasteiger partial charge in [-0.1, -0.05) is 48.0 Å². The lowest BCUT2D eigenvalue weighted by Gasteiger charge is -2.30. The van der Waals surface area contributed by atoms with Gasteiger partial charge in [0.25, 0.3) is 0 Å². The van der Waals surface area contributed by atoms with Crippen LogP contribution in [-0.4, -0.2) is 18.5 Å². The zero-order valence-corrected chi connectivity index (χ0v) is 18.3. The molecule has 0 bridgehead atoms. The Balaban J connectivity index is 2.41. The number of hydrogen-bond donors (Lipinski definition) is 0. The number of Topliss-reactive ketones (excluding diaryl/α,β-unsaturated/α-hetero) is 1. The number of hydrogen-bond acceptors (Lipinski definition) is 3. The van der Waals surface area contributed by atoms with Gasteiger partial charge in [-0.2, -0.15) is 0 Å². The molecule has 0 aromatic heterocycles. The van der Waals surface area contributed by atoms with E-state index in [1.165, 1.54) is 0 Å². The van der Waals surface area contributed by atoms with Crippen LogP contribution in [0.3, 0.4) is 0 Å². The number of fused-ring (bicyclic) bond motifs is 1. The van der Waals surface area contributed by atoms with Crippen LogP contribution in [0.4, 0.5) is 0 Å². The summed E-state index contributed by atoms with van der Waals surface area (Å²) in [6.07, 6.45) is -0.699. The molecule has 29 heavy (non-hydrogen) atoms. The van der Waals surface area contributed by atoms with Gasteiger partial charge in [-0.15, -0.1) is 0 Å². The number of ether oxygens (including phenoxy) is 2. The summed E-state index contributed by atoms with van der Waals surface area (Å²) in [5, 5.41) is 2.82. The lowest BCUT2D eigenvalue weighted by atomic mass is 9.86. The Morgan fingerprint density at radius 2 is 1.72 bits per heavy atom. The molecular weight excluding hydrogens is 384 g/mol. The van der Waals surface area contributed by atoms with Crippen LogP contribution in [0, 0.1) is 0 Å². The molecule has 0 saturated heterocycles. The maximum absolute atomic E-state index is 12.8. The number of carbonyl (C=O) groups excluding carboxylic acids is 1. The molecular formula is C25H27ClO3. The van der Waals surface area contributed by atoms with E-state index in [-0.39, 0.29) is 5.78 Å². The molecule has 0 aliphatic carbocycles. The summed E-state index contributed by atoms with van der Waals surface area (Å²) >= 11 is 6.14. The van der Waals surface area contributed by atoms with Crippen LogP contribution in [0.25, 0.3) is 21.9 Å². The summed E-state index contributed by atoms with van der Waals surface area (Å²) < 4.78 is 11.8. The first kappa shape index (κ1) is 21.5. The highest BCUT2D eigenvalue weighted by atomic mass is 35.5. The molecule has 3 rings (SSSR count). The number of ketones is 1. The molecule has 152 valence electrons. The monoisotopic (exact) mass is 410 g/mol. The van der Waals surface area contributed by atoms with E-state index in [2.05, 4.69) is 18.2 Å². The SMILES string of the molecule is COCc1cc2ccccc2c(-c2ccc(Cl)cc2)c1[C@H](OC(C)(C)C)C(C)=O. The Kier molecular flexibility index (Phi) is 6.42. The molecule has 0 unspecified atom stereocenters. The lowest BCUT2D eigenvalue weighted by Crippen LogP contribution is -2.27. The first-order valence-corrected chi connectivity index (χ1v) is 10.1. The molecule has 0 radical (unpaired) electrons. The topological polar surface area (TPSA) is 35.5 Å². The molecule has 3 aromatic carbocycles. The van der Waals surface area contributed by atoms with Gasteiger partial charge in [-0.25, -0.2) is 0 Å². The second kappa shape index (κ2) is 8.66. The minimum atomic E-state index is -0.699. The van der Waals surface area contributed by atoms with Crippen molar-refractivity contribution in [2.45, 2.75) is 46.0 Å². The van der Waals surface area contributed by atoms with Crippen LogP contribution >= 0.6 is 11.6 Å². The summed E-state index contributed by atoms with van der Waals surface area (Å²) in [5.74, 6) is -0.0391. The van der Waals surface area contributed by atoms with Gasteiger partial charge in [0.1, 0.15) is 6.10 Å². The smallest absolute Gasteiger partial charge is 0.163 e. The number of rotatable bonds is 6. The summed E-state index contributed by atoms with van der Waals surface area (Å²) in [4.78, 5) is 12.8. The van der Waals surface area contributed by atoms with Gasteiger partial charge < -0.3 is 9.47 Å². The minimum Gasteiger partial charge on any atom is -0.380 e. The molecule has 3 nitrogen and oxygen atoms in total. The highest BCUT2D eigenvalue weighted by molar-refractivity contribution is 6.30. The average Bonchev–Trinajstić information content (AvgIpc) is 2.65. The molecule has 0 heterocycles. The maximum atomic E-state index is 12.8. The quantitative estimate of drug-likeness (QED) is 0.450. The molecule has 0 amide bonds. The first-order valence-electron chi connectivity index (χ1n) is 9.69. The van der Waals surface area contributed by atoms with Crippen molar-refractivity contribution in [3.05, 3.63) is 70.7 Å². The van der Waals surface area contributed by atoms with Crippen LogP contribution in [0.15, 0.2) is 54.6 Å². The van der Waals surface area contributed by atoms with Crippen LogP contribution < -0.4 is 0 Å². The van der Waals surface area contributed by atoms with E-state index in [9.17, 15) is 4.79 Å². The fourth-order valence-electron chi connectivity index (χ4n) is 3.62. The van der Waals surface area contributed by atoms with Crippen molar-refractivity contribution in [2.24, 2.45) is 0 Å². The molecule has 4 heteroatoms. The molecule has 0 aliphatic rings. The predicted octanol–water partition coefficient (Wildman–Crippen LogP) is 6.75. The van der Waals surface area contributed by atoms with Crippen LogP contribution in [0.5, 0.6) is 0 Å². The zero-order chi connectivity index (χ0) is 21.2. The van der Waals surface area contributed by atoms with E-state index in [0.29, 0.717) is 11.6 Å². The van der Waals surface area contributed by atoms with Gasteiger partial charge in [-0.3, -0.25) is 4.79 Å². The normalized spacial score (nSPS) is 12.9. The molecule has 3 aromatic rings. The third kappa shape index (κ3) is 4.87. The Hall–Kier alpha value is -2.20. The Labute approximate surface area is 177 Å². The maximum Gasteiger partial charge on any atom is 0.163 e. The standard InChI is InChI=1S/C25H27ClO3/c1-16(27)24(29-25(2,3)4)23-19(15-28-5)14-18-8-6-7-9-21(18)22(23)17-10-12-20(26)13-11-17/h6-14,24H,15H2,1-5H3/t24-/m1/s1. The number of carbonyl (C=O) groups is 1. The average molecular weight is 411 g/mol. The summed E-state index contributed by atoms with van der Waals surface area (Å²) in [6, 6.07) is 18.0. The van der Waals surface area contributed by atoms with E-state index >= 15 is 0 Å². The predicted molar refractivity (Wildman–Crippen MR) is 119 cm³/mol. The number of methoxy groups -OCH3 is 1. The Bertz CT molecular complexity index is 1020. The van der Waals surface area contributed by atoms with E-state index in [1.807, 2.05) is 57.2 Å². The highest BCUT2D eigenvalue weighted by Crippen LogP contribution is 2.41. The van der Waals surface area contributed by atoms with Gasteiger partial charge in [-0.05, 0) is 73.4 Å². The van der Waals surface area contributed by atoms with Gasteiger partial charge in [0.2, 0.25) is 0 Å². The largest absolute Gasteiger partial charge is 0.380 e. The van der Waals surface area contributed by atoms with Crippen molar-refractivity contribution >= 4 is 28.2 Å². The van der Waals surface area contributed by atoms with E-state index in [0.717, 1.165) is 33.0 Å². The van der Waals surface area contributed by atoms with E-state index in [4.69, 9.17) is 21.1 Å². The third-order valence-electron chi connectivity index (χ3n) is 4.71. The Morgan fingerprint density at radius 1 is 1.07 bits per heavy atom. The fraction of sp³-hybridized carbons (Fsp3) is 0.320. The second-order valence-corrected chi connectivity index (χ2v) is 8.64. The highest BCUT2D eigenvalue weighted by Gasteiger charge is 2.30. The van der Waals surface area contributed by atoms with E-state index < -0.39 is 11.7 Å². The molecule has 0 fully saturated rings. The van der Waals surface area contributed by atoms with Gasteiger partial charge in [0, 0.05) is 17.7 Å². The molecule has 0 N–H and O–H groups in total. The van der Waals surface area contributed by atoms with Crippen LogP contribution in [0.2, 0.25) is 5.02 Å². The van der Waals surface area contributed by atoms with E-state index in [1.54, 1.807) is 14.0 Å². The molecule has 0 aliphatic heterocycles. The first-order chi connectivity index (χ1) is 13.7. The fourth-order valence-corrected chi connectivity index (χ4v) is 3.75. The van der Waals surface area contributed by atoms with Crippen molar-refractivity contribution in [1.82, 2.24) is 0 Å². The van der Waals surface area contributed by atoms with Crippen molar-refractivity contribution in [3.8, 4) is 11.1 Å². The van der Waals surface area contributed by atoms with Gasteiger partial charge >= 0.3 is 0 Å². The molecule has 0 spiro atoms. The third-order valence-corrected chi connectivity index (χ3v) is 4.96. The van der Waals surface area contributed by atoms with Crippen molar-refractivity contribution < 1.29 is 14.3 Å².